The minimum atomic E-state index is -3.57. The second-order valence-corrected chi connectivity index (χ2v) is 7.19. The van der Waals surface area contributed by atoms with Crippen molar-refractivity contribution in [1.82, 2.24) is 14.9 Å². The Morgan fingerprint density at radius 2 is 2.20 bits per heavy atom. The van der Waals surface area contributed by atoms with E-state index in [1.807, 2.05) is 0 Å². The summed E-state index contributed by atoms with van der Waals surface area (Å²) in [4.78, 5) is 31.4. The second-order valence-electron chi connectivity index (χ2n) is 4.82. The van der Waals surface area contributed by atoms with Crippen molar-refractivity contribution in [3.8, 4) is 0 Å². The average Bonchev–Trinajstić information content (AvgIpc) is 2.81. The van der Waals surface area contributed by atoms with Crippen molar-refractivity contribution in [2.24, 2.45) is 0 Å². The van der Waals surface area contributed by atoms with Crippen LogP contribution in [0.2, 0.25) is 0 Å². The van der Waals surface area contributed by atoms with Crippen molar-refractivity contribution >= 4 is 21.7 Å². The maximum absolute atomic E-state index is 12.2. The third kappa shape index (κ3) is 2.53. The van der Waals surface area contributed by atoms with Crippen LogP contribution in [0.3, 0.4) is 0 Å². The van der Waals surface area contributed by atoms with Crippen LogP contribution in [0.5, 0.6) is 0 Å². The molecule has 1 aromatic heterocycles. The van der Waals surface area contributed by atoms with Crippen LogP contribution in [0.1, 0.15) is 18.3 Å². The average molecular weight is 301 g/mol. The Morgan fingerprint density at radius 3 is 2.75 bits per heavy atom. The van der Waals surface area contributed by atoms with Gasteiger partial charge >= 0.3 is 5.97 Å². The Bertz CT molecular complexity index is 651. The molecule has 2 unspecified atom stereocenters. The summed E-state index contributed by atoms with van der Waals surface area (Å²) in [6, 6.07) is -1.09. The lowest BCUT2D eigenvalue weighted by Crippen LogP contribution is -2.52. The number of carboxylic acids is 1. The Labute approximate surface area is 115 Å². The van der Waals surface area contributed by atoms with Crippen LogP contribution < -0.4 is 0 Å². The van der Waals surface area contributed by atoms with Gasteiger partial charge in [0.15, 0.2) is 9.84 Å². The molecule has 0 spiro atoms. The summed E-state index contributed by atoms with van der Waals surface area (Å²) in [5.74, 6) is -1.88. The summed E-state index contributed by atoms with van der Waals surface area (Å²) >= 11 is 0. The predicted octanol–water partition coefficient (Wildman–Crippen LogP) is -0.819. The van der Waals surface area contributed by atoms with Gasteiger partial charge in [-0.3, -0.25) is 4.79 Å². The standard InChI is InChI=1S/C11H15N3O5S/c1-6(20(2,18)19)10(15)14-4-8-7(12-5-13-8)3-9(14)11(16)17/h5-6,9H,3-4H2,1-2H3,(H,12,13)(H,16,17). The SMILES string of the molecule is CC(C(=O)N1Cc2[nH]cnc2CC1C(=O)O)S(C)(=O)=O. The van der Waals surface area contributed by atoms with E-state index in [4.69, 9.17) is 0 Å². The van der Waals surface area contributed by atoms with Gasteiger partial charge in [-0.15, -0.1) is 0 Å². The van der Waals surface area contributed by atoms with Crippen molar-refractivity contribution in [2.75, 3.05) is 6.26 Å². The first-order chi connectivity index (χ1) is 9.21. The summed E-state index contributed by atoms with van der Waals surface area (Å²) in [5.41, 5.74) is 1.23. The number of hydrogen-bond donors (Lipinski definition) is 2. The van der Waals surface area contributed by atoms with Crippen molar-refractivity contribution in [3.05, 3.63) is 17.7 Å². The van der Waals surface area contributed by atoms with Crippen LogP contribution in [-0.2, 0) is 32.4 Å². The van der Waals surface area contributed by atoms with Crippen LogP contribution in [0.15, 0.2) is 6.33 Å². The van der Waals surface area contributed by atoms with Crippen molar-refractivity contribution in [3.63, 3.8) is 0 Å². The van der Waals surface area contributed by atoms with Gasteiger partial charge in [-0.2, -0.15) is 0 Å². The highest BCUT2D eigenvalue weighted by atomic mass is 32.2. The minimum Gasteiger partial charge on any atom is -0.480 e. The number of carbonyl (C=O) groups excluding carboxylic acids is 1. The van der Waals surface area contributed by atoms with E-state index in [0.717, 1.165) is 11.2 Å². The molecule has 1 aromatic rings. The number of carboxylic acid groups (broad SMARTS) is 1. The lowest BCUT2D eigenvalue weighted by Gasteiger charge is -2.33. The number of aliphatic carboxylic acids is 1. The monoisotopic (exact) mass is 301 g/mol. The highest BCUT2D eigenvalue weighted by Gasteiger charge is 2.39. The van der Waals surface area contributed by atoms with Gasteiger partial charge in [-0.1, -0.05) is 0 Å². The molecule has 0 fully saturated rings. The van der Waals surface area contributed by atoms with Gasteiger partial charge in [0.2, 0.25) is 5.91 Å². The number of carbonyl (C=O) groups is 2. The van der Waals surface area contributed by atoms with Gasteiger partial charge in [0, 0.05) is 12.7 Å². The van der Waals surface area contributed by atoms with Crippen molar-refractivity contribution < 1.29 is 23.1 Å². The molecule has 0 aromatic carbocycles. The fraction of sp³-hybridized carbons (Fsp3) is 0.545. The van der Waals surface area contributed by atoms with E-state index in [-0.39, 0.29) is 13.0 Å². The molecule has 0 saturated heterocycles. The lowest BCUT2D eigenvalue weighted by molar-refractivity contribution is -0.151. The van der Waals surface area contributed by atoms with Crippen molar-refractivity contribution in [2.45, 2.75) is 31.2 Å². The maximum atomic E-state index is 12.2. The quantitative estimate of drug-likeness (QED) is 0.752. The van der Waals surface area contributed by atoms with Gasteiger partial charge < -0.3 is 15.0 Å². The van der Waals surface area contributed by atoms with Gasteiger partial charge in [0.05, 0.1) is 24.3 Å². The van der Waals surface area contributed by atoms with E-state index in [0.29, 0.717) is 11.4 Å². The van der Waals surface area contributed by atoms with E-state index in [2.05, 4.69) is 9.97 Å². The molecule has 1 aliphatic heterocycles. The molecule has 1 aliphatic rings. The largest absolute Gasteiger partial charge is 0.480 e. The zero-order chi connectivity index (χ0) is 15.1. The highest BCUT2D eigenvalue weighted by Crippen LogP contribution is 2.22. The van der Waals surface area contributed by atoms with Crippen LogP contribution in [0, 0.1) is 0 Å². The molecule has 0 saturated carbocycles. The molecule has 2 rings (SSSR count). The molecule has 20 heavy (non-hydrogen) atoms. The third-order valence-electron chi connectivity index (χ3n) is 3.46. The zero-order valence-corrected chi connectivity index (χ0v) is 11.8. The van der Waals surface area contributed by atoms with Gasteiger partial charge in [0.25, 0.3) is 0 Å². The Kier molecular flexibility index (Phi) is 3.55. The number of nitrogens with one attached hydrogen (secondary N) is 1. The lowest BCUT2D eigenvalue weighted by atomic mass is 10.0. The molecule has 110 valence electrons. The molecule has 2 N–H and O–H groups in total. The Balaban J connectivity index is 2.34. The number of sulfone groups is 1. The Hall–Kier alpha value is -1.90. The summed E-state index contributed by atoms with van der Waals surface area (Å²) in [7, 11) is -3.57. The third-order valence-corrected chi connectivity index (χ3v) is 4.94. The molecular formula is C11H15N3O5S. The maximum Gasteiger partial charge on any atom is 0.326 e. The van der Waals surface area contributed by atoms with Crippen LogP contribution >= 0.6 is 0 Å². The summed E-state index contributed by atoms with van der Waals surface area (Å²) < 4.78 is 22.9. The van der Waals surface area contributed by atoms with E-state index in [9.17, 15) is 23.1 Å². The molecular weight excluding hydrogens is 286 g/mol. The molecule has 0 bridgehead atoms. The van der Waals surface area contributed by atoms with Crippen LogP contribution in [0.25, 0.3) is 0 Å². The van der Waals surface area contributed by atoms with Crippen LogP contribution in [0.4, 0.5) is 0 Å². The summed E-state index contributed by atoms with van der Waals surface area (Å²) in [6.07, 6.45) is 2.45. The smallest absolute Gasteiger partial charge is 0.326 e. The number of aromatic amines is 1. The molecule has 1 amide bonds. The van der Waals surface area contributed by atoms with E-state index in [1.54, 1.807) is 0 Å². The number of aromatic nitrogens is 2. The van der Waals surface area contributed by atoms with Crippen LogP contribution in [-0.4, -0.2) is 57.8 Å². The fourth-order valence-electron chi connectivity index (χ4n) is 2.10. The van der Waals surface area contributed by atoms with Gasteiger partial charge in [-0.05, 0) is 6.92 Å². The number of nitrogens with zero attached hydrogens (tertiary/aromatic N) is 2. The minimum absolute atomic E-state index is 0.0188. The normalized spacial score (nSPS) is 20.3. The fourth-order valence-corrected chi connectivity index (χ4v) is 2.61. The number of H-pyrrole nitrogens is 1. The topological polar surface area (TPSA) is 120 Å². The zero-order valence-electron chi connectivity index (χ0n) is 11.0. The van der Waals surface area contributed by atoms with E-state index in [1.165, 1.54) is 13.3 Å². The first-order valence-corrected chi connectivity index (χ1v) is 7.90. The molecule has 0 radical (unpaired) electrons. The van der Waals surface area contributed by atoms with Gasteiger partial charge in [-0.25, -0.2) is 18.2 Å². The molecule has 2 atom stereocenters. The number of amides is 1. The molecule has 9 heteroatoms. The summed E-state index contributed by atoms with van der Waals surface area (Å²) in [6.45, 7) is 1.28. The number of imidazole rings is 1. The number of hydrogen-bond acceptors (Lipinski definition) is 5. The molecule has 2 heterocycles. The summed E-state index contributed by atoms with van der Waals surface area (Å²) in [5, 5.41) is 7.95. The van der Waals surface area contributed by atoms with Crippen molar-refractivity contribution in [1.29, 1.82) is 0 Å². The highest BCUT2D eigenvalue weighted by molar-refractivity contribution is 7.92. The van der Waals surface area contributed by atoms with E-state index < -0.39 is 33.0 Å². The number of rotatable bonds is 3. The second kappa shape index (κ2) is 4.89. The first kappa shape index (κ1) is 14.5. The Morgan fingerprint density at radius 1 is 1.55 bits per heavy atom. The van der Waals surface area contributed by atoms with E-state index >= 15 is 0 Å². The molecule has 8 nitrogen and oxygen atoms in total. The first-order valence-electron chi connectivity index (χ1n) is 5.95. The molecule has 0 aliphatic carbocycles. The predicted molar refractivity (Wildman–Crippen MR) is 68.6 cm³/mol. The number of fused-ring (bicyclic) bond motifs is 1. The van der Waals surface area contributed by atoms with Gasteiger partial charge in [0.1, 0.15) is 11.3 Å².